The van der Waals surface area contributed by atoms with E-state index in [0.29, 0.717) is 0 Å². The third-order valence-corrected chi connectivity index (χ3v) is 5.53. The van der Waals surface area contributed by atoms with Crippen molar-refractivity contribution in [2.24, 2.45) is 0 Å². The van der Waals surface area contributed by atoms with Crippen molar-refractivity contribution in [3.05, 3.63) is 108 Å². The van der Waals surface area contributed by atoms with Crippen LogP contribution in [0.4, 0.5) is 5.82 Å². The summed E-state index contributed by atoms with van der Waals surface area (Å²) in [5, 5.41) is 8.59. The number of methoxy groups -OCH3 is 1. The summed E-state index contributed by atoms with van der Waals surface area (Å²) < 4.78 is 7.44. The van der Waals surface area contributed by atoms with Crippen molar-refractivity contribution >= 4 is 11.5 Å². The summed E-state index contributed by atoms with van der Waals surface area (Å²) in [7, 11) is 1.69. The predicted octanol–water partition coefficient (Wildman–Crippen LogP) is 5.92. The Kier molecular flexibility index (Phi) is 4.60. The molecule has 4 aromatic rings. The van der Waals surface area contributed by atoms with E-state index in [2.05, 4.69) is 83.7 Å². The molecule has 0 saturated carbocycles. The maximum absolute atomic E-state index is 5.35. The number of nitrogens with one attached hydrogen (secondary N) is 1. The fraction of sp³-hybridized carbons (Fsp3) is 0.115. The van der Waals surface area contributed by atoms with Gasteiger partial charge in [0, 0.05) is 11.3 Å². The lowest BCUT2D eigenvalue weighted by molar-refractivity contribution is 0.414. The summed E-state index contributed by atoms with van der Waals surface area (Å²) in [6.07, 6.45) is 2.24. The first-order chi connectivity index (χ1) is 14.7. The Bertz CT molecular complexity index is 1190. The minimum absolute atomic E-state index is 0.0153. The van der Waals surface area contributed by atoms with Gasteiger partial charge in [0.05, 0.1) is 18.8 Å². The zero-order valence-electron chi connectivity index (χ0n) is 17.0. The number of allylic oxidation sites excluding steroid dienone is 1. The Labute approximate surface area is 176 Å². The molecular weight excluding hydrogens is 370 g/mol. The van der Waals surface area contributed by atoms with Crippen LogP contribution in [0.3, 0.4) is 0 Å². The SMILES string of the molecule is COc1ccc([C@H]2C=C(c3ccccc3)Nc3c(-c4ccccc4)c(C)nn32)cc1. The van der Waals surface area contributed by atoms with Gasteiger partial charge in [0.15, 0.2) is 0 Å². The Morgan fingerprint density at radius 2 is 1.47 bits per heavy atom. The molecule has 4 nitrogen and oxygen atoms in total. The highest BCUT2D eigenvalue weighted by molar-refractivity contribution is 5.87. The average molecular weight is 393 g/mol. The van der Waals surface area contributed by atoms with Crippen LogP contribution in [0.1, 0.15) is 22.9 Å². The van der Waals surface area contributed by atoms with Crippen LogP contribution in [0.15, 0.2) is 91.0 Å². The van der Waals surface area contributed by atoms with Crippen LogP contribution in [0.25, 0.3) is 16.8 Å². The molecule has 1 aliphatic heterocycles. The van der Waals surface area contributed by atoms with Gasteiger partial charge in [0.25, 0.3) is 0 Å². The number of aromatic nitrogens is 2. The molecule has 0 aliphatic carbocycles. The zero-order valence-corrected chi connectivity index (χ0v) is 17.0. The first kappa shape index (κ1) is 18.3. The quantitative estimate of drug-likeness (QED) is 0.467. The average Bonchev–Trinajstić information content (AvgIpc) is 3.15. The number of rotatable bonds is 4. The van der Waals surface area contributed by atoms with Crippen LogP contribution in [0.5, 0.6) is 5.75 Å². The molecule has 2 heterocycles. The Hall–Kier alpha value is -3.79. The second-order valence-corrected chi connectivity index (χ2v) is 7.41. The molecule has 5 rings (SSSR count). The molecule has 1 aliphatic rings. The smallest absolute Gasteiger partial charge is 0.138 e. The predicted molar refractivity (Wildman–Crippen MR) is 122 cm³/mol. The lowest BCUT2D eigenvalue weighted by atomic mass is 9.99. The number of aryl methyl sites for hydroxylation is 1. The molecule has 0 fully saturated rings. The summed E-state index contributed by atoms with van der Waals surface area (Å²) in [4.78, 5) is 0. The number of benzene rings is 3. The summed E-state index contributed by atoms with van der Waals surface area (Å²) >= 11 is 0. The topological polar surface area (TPSA) is 39.1 Å². The molecule has 0 spiro atoms. The van der Waals surface area contributed by atoms with Gasteiger partial charge >= 0.3 is 0 Å². The highest BCUT2D eigenvalue weighted by Gasteiger charge is 2.27. The molecule has 1 N–H and O–H groups in total. The zero-order chi connectivity index (χ0) is 20.5. The molecule has 30 heavy (non-hydrogen) atoms. The number of hydrogen-bond donors (Lipinski definition) is 1. The van der Waals surface area contributed by atoms with Gasteiger partial charge < -0.3 is 10.1 Å². The van der Waals surface area contributed by atoms with Crippen LogP contribution in [-0.4, -0.2) is 16.9 Å². The summed E-state index contributed by atoms with van der Waals surface area (Å²) in [5.74, 6) is 1.86. The maximum atomic E-state index is 5.35. The standard InChI is InChI=1S/C26H23N3O/c1-18-25(21-11-7-4-8-12-21)26-27-23(19-9-5-3-6-10-19)17-24(29(26)28-18)20-13-15-22(30-2)16-14-20/h3-17,24,27H,1-2H3/t24-/m1/s1. The second kappa shape index (κ2) is 7.56. The van der Waals surface area contributed by atoms with Crippen molar-refractivity contribution < 1.29 is 4.74 Å². The van der Waals surface area contributed by atoms with E-state index < -0.39 is 0 Å². The summed E-state index contributed by atoms with van der Waals surface area (Å²) in [5.41, 5.74) is 6.70. The van der Waals surface area contributed by atoms with E-state index in [1.807, 2.05) is 24.3 Å². The monoisotopic (exact) mass is 393 g/mol. The van der Waals surface area contributed by atoms with Crippen molar-refractivity contribution in [2.75, 3.05) is 12.4 Å². The normalized spacial score (nSPS) is 15.1. The van der Waals surface area contributed by atoms with Gasteiger partial charge in [-0.05, 0) is 41.8 Å². The molecule has 0 radical (unpaired) electrons. The maximum Gasteiger partial charge on any atom is 0.138 e. The van der Waals surface area contributed by atoms with E-state index >= 15 is 0 Å². The van der Waals surface area contributed by atoms with Gasteiger partial charge in [-0.15, -0.1) is 0 Å². The lowest BCUT2D eigenvalue weighted by Crippen LogP contribution is -2.20. The lowest BCUT2D eigenvalue weighted by Gasteiger charge is -2.26. The number of ether oxygens (including phenoxy) is 1. The third-order valence-electron chi connectivity index (χ3n) is 5.53. The van der Waals surface area contributed by atoms with Crippen LogP contribution >= 0.6 is 0 Å². The van der Waals surface area contributed by atoms with Gasteiger partial charge in [-0.2, -0.15) is 5.10 Å². The highest BCUT2D eigenvalue weighted by Crippen LogP contribution is 2.40. The summed E-state index contributed by atoms with van der Waals surface area (Å²) in [6, 6.07) is 29.1. The second-order valence-electron chi connectivity index (χ2n) is 7.41. The summed E-state index contributed by atoms with van der Waals surface area (Å²) in [6.45, 7) is 2.07. The van der Waals surface area contributed by atoms with Crippen molar-refractivity contribution in [2.45, 2.75) is 13.0 Å². The molecule has 4 heteroatoms. The third kappa shape index (κ3) is 3.16. The Morgan fingerprint density at radius 3 is 2.10 bits per heavy atom. The molecule has 0 amide bonds. The minimum atomic E-state index is -0.0153. The number of anilines is 1. The first-order valence-electron chi connectivity index (χ1n) is 10.1. The van der Waals surface area contributed by atoms with E-state index in [-0.39, 0.29) is 6.04 Å². The van der Waals surface area contributed by atoms with Gasteiger partial charge in [-0.1, -0.05) is 72.8 Å². The van der Waals surface area contributed by atoms with Gasteiger partial charge in [0.2, 0.25) is 0 Å². The molecule has 1 aromatic heterocycles. The number of hydrogen-bond acceptors (Lipinski definition) is 3. The molecule has 1 atom stereocenters. The van der Waals surface area contributed by atoms with E-state index in [1.54, 1.807) is 7.11 Å². The van der Waals surface area contributed by atoms with Crippen LogP contribution < -0.4 is 10.1 Å². The van der Waals surface area contributed by atoms with Gasteiger partial charge in [-0.3, -0.25) is 0 Å². The number of nitrogens with zero attached hydrogens (tertiary/aromatic N) is 2. The molecule has 0 bridgehead atoms. The first-order valence-corrected chi connectivity index (χ1v) is 10.1. The van der Waals surface area contributed by atoms with Crippen molar-refractivity contribution in [3.63, 3.8) is 0 Å². The van der Waals surface area contributed by atoms with E-state index in [1.165, 1.54) is 0 Å². The van der Waals surface area contributed by atoms with Crippen molar-refractivity contribution in [1.82, 2.24) is 9.78 Å². The van der Waals surface area contributed by atoms with Gasteiger partial charge in [0.1, 0.15) is 11.6 Å². The number of fused-ring (bicyclic) bond motifs is 1. The van der Waals surface area contributed by atoms with Crippen LogP contribution in [-0.2, 0) is 0 Å². The molecule has 0 saturated heterocycles. The van der Waals surface area contributed by atoms with E-state index in [9.17, 15) is 0 Å². The Balaban J connectivity index is 1.68. The molecule has 148 valence electrons. The fourth-order valence-corrected chi connectivity index (χ4v) is 4.04. The molecular formula is C26H23N3O. The van der Waals surface area contributed by atoms with Gasteiger partial charge in [-0.25, -0.2) is 4.68 Å². The van der Waals surface area contributed by atoms with E-state index in [0.717, 1.165) is 45.2 Å². The molecule has 3 aromatic carbocycles. The van der Waals surface area contributed by atoms with E-state index in [4.69, 9.17) is 9.84 Å². The van der Waals surface area contributed by atoms with Crippen molar-refractivity contribution in [1.29, 1.82) is 0 Å². The highest BCUT2D eigenvalue weighted by atomic mass is 16.5. The van der Waals surface area contributed by atoms with Crippen LogP contribution in [0, 0.1) is 6.92 Å². The minimum Gasteiger partial charge on any atom is -0.497 e. The largest absolute Gasteiger partial charge is 0.497 e. The molecule has 0 unspecified atom stereocenters. The Morgan fingerprint density at radius 1 is 0.833 bits per heavy atom. The van der Waals surface area contributed by atoms with Crippen LogP contribution in [0.2, 0.25) is 0 Å². The van der Waals surface area contributed by atoms with Crippen molar-refractivity contribution in [3.8, 4) is 16.9 Å². The fourth-order valence-electron chi connectivity index (χ4n) is 4.04.